The number of amides is 1. The molecule has 1 heterocycles. The van der Waals surface area contributed by atoms with Crippen LogP contribution in [-0.4, -0.2) is 63.3 Å². The summed E-state index contributed by atoms with van der Waals surface area (Å²) in [4.78, 5) is 18.3. The van der Waals surface area contributed by atoms with Gasteiger partial charge in [0.05, 0.1) is 25.8 Å². The van der Waals surface area contributed by atoms with E-state index >= 15 is 0 Å². The van der Waals surface area contributed by atoms with Gasteiger partial charge in [-0.05, 0) is 44.2 Å². The van der Waals surface area contributed by atoms with Crippen molar-refractivity contribution >= 4 is 35.8 Å². The molecule has 2 N–H and O–H groups in total. The molecule has 1 aliphatic rings. The second-order valence-corrected chi connectivity index (χ2v) is 9.09. The molecule has 0 bridgehead atoms. The lowest BCUT2D eigenvalue weighted by atomic mass is 10.1. The van der Waals surface area contributed by atoms with Gasteiger partial charge in [0.2, 0.25) is 5.91 Å². The Kier molecular flexibility index (Phi) is 13.0. The zero-order chi connectivity index (χ0) is 22.8. The summed E-state index contributed by atoms with van der Waals surface area (Å²) >= 11 is 0. The highest BCUT2D eigenvalue weighted by Crippen LogP contribution is 2.24. The van der Waals surface area contributed by atoms with Gasteiger partial charge in [-0.15, -0.1) is 24.0 Å². The lowest BCUT2D eigenvalue weighted by Gasteiger charge is -2.20. The molecule has 0 spiro atoms. The Morgan fingerprint density at radius 2 is 2.03 bits per heavy atom. The molecular weight excluding hydrogens is 519 g/mol. The second kappa shape index (κ2) is 14.6. The number of hydrogen-bond donors (Lipinski definition) is 2. The molecule has 1 amide bonds. The summed E-state index contributed by atoms with van der Waals surface area (Å²) in [5.74, 6) is 2.55. The molecule has 0 aromatic heterocycles. The number of guanidine groups is 1. The van der Waals surface area contributed by atoms with Crippen LogP contribution in [0.5, 0.6) is 5.75 Å². The van der Waals surface area contributed by atoms with Crippen molar-refractivity contribution in [2.75, 3.05) is 40.4 Å². The van der Waals surface area contributed by atoms with Crippen LogP contribution in [0.15, 0.2) is 23.2 Å². The van der Waals surface area contributed by atoms with Gasteiger partial charge >= 0.3 is 0 Å². The van der Waals surface area contributed by atoms with Crippen LogP contribution in [0.1, 0.15) is 44.7 Å². The molecule has 1 aromatic rings. The molecule has 0 aliphatic carbocycles. The van der Waals surface area contributed by atoms with Crippen LogP contribution in [0.25, 0.3) is 0 Å². The summed E-state index contributed by atoms with van der Waals surface area (Å²) in [6, 6.07) is 6.23. The van der Waals surface area contributed by atoms with Gasteiger partial charge in [0.25, 0.3) is 0 Å². The Labute approximate surface area is 210 Å². The predicted molar refractivity (Wildman–Crippen MR) is 141 cm³/mol. The van der Waals surface area contributed by atoms with Crippen LogP contribution in [-0.2, 0) is 16.1 Å². The zero-order valence-electron chi connectivity index (χ0n) is 20.4. The smallest absolute Gasteiger partial charge is 0.241 e. The van der Waals surface area contributed by atoms with Gasteiger partial charge in [0.15, 0.2) is 5.96 Å². The summed E-state index contributed by atoms with van der Waals surface area (Å²) in [6.45, 7) is 11.6. The summed E-state index contributed by atoms with van der Waals surface area (Å²) in [5.41, 5.74) is 2.19. The van der Waals surface area contributed by atoms with E-state index < -0.39 is 0 Å². The highest BCUT2D eigenvalue weighted by atomic mass is 127. The predicted octanol–water partition coefficient (Wildman–Crippen LogP) is 3.59. The molecule has 2 unspecified atom stereocenters. The maximum Gasteiger partial charge on any atom is 0.241 e. The Bertz CT molecular complexity index is 734. The van der Waals surface area contributed by atoms with Crippen LogP contribution in [0.4, 0.5) is 0 Å². The minimum Gasteiger partial charge on any atom is -0.490 e. The molecule has 0 saturated carbocycles. The maximum absolute atomic E-state index is 12.0. The van der Waals surface area contributed by atoms with Gasteiger partial charge in [-0.25, -0.2) is 4.99 Å². The first kappa shape index (κ1) is 28.5. The van der Waals surface area contributed by atoms with Gasteiger partial charge < -0.3 is 25.0 Å². The SMILES string of the molecule is Cc1ccc(CN=C(NCC(=O)N(C)C)NCC2CCOC2)c(OC(C)CC(C)C)c1.I. The van der Waals surface area contributed by atoms with E-state index in [0.29, 0.717) is 24.3 Å². The molecular formula is C24H41IN4O3. The number of aliphatic imine (C=N–C) groups is 1. The zero-order valence-corrected chi connectivity index (χ0v) is 22.8. The number of rotatable bonds is 10. The van der Waals surface area contributed by atoms with E-state index in [0.717, 1.165) is 49.5 Å². The number of ether oxygens (including phenoxy) is 2. The first-order valence-electron chi connectivity index (χ1n) is 11.3. The lowest BCUT2D eigenvalue weighted by Crippen LogP contribution is -2.44. The van der Waals surface area contributed by atoms with Gasteiger partial charge in [-0.3, -0.25) is 4.79 Å². The van der Waals surface area contributed by atoms with Crippen molar-refractivity contribution in [1.29, 1.82) is 0 Å². The molecule has 1 saturated heterocycles. The van der Waals surface area contributed by atoms with E-state index in [2.05, 4.69) is 56.5 Å². The van der Waals surface area contributed by atoms with Crippen molar-refractivity contribution in [3.05, 3.63) is 29.3 Å². The standard InChI is InChI=1S/C24H40N4O3.HI/c1-17(2)11-19(4)31-22-12-18(3)7-8-21(22)14-26-24(27-15-23(29)28(5)6)25-13-20-9-10-30-16-20;/h7-8,12,17,19-20H,9-11,13-16H2,1-6H3,(H2,25,26,27);1H. The number of halogens is 1. The quantitative estimate of drug-likeness (QED) is 0.260. The fourth-order valence-corrected chi connectivity index (χ4v) is 3.47. The van der Waals surface area contributed by atoms with Crippen LogP contribution in [0.3, 0.4) is 0 Å². The van der Waals surface area contributed by atoms with E-state index in [1.54, 1.807) is 19.0 Å². The topological polar surface area (TPSA) is 75.2 Å². The Morgan fingerprint density at radius 1 is 1.28 bits per heavy atom. The number of aryl methyl sites for hydroxylation is 1. The minimum atomic E-state index is 0. The van der Waals surface area contributed by atoms with E-state index in [4.69, 9.17) is 14.5 Å². The van der Waals surface area contributed by atoms with Gasteiger partial charge in [0.1, 0.15) is 5.75 Å². The third-order valence-corrected chi connectivity index (χ3v) is 5.25. The molecule has 182 valence electrons. The molecule has 1 fully saturated rings. The number of carbonyl (C=O) groups is 1. The number of likely N-dealkylation sites (N-methyl/N-ethyl adjacent to an activating group) is 1. The van der Waals surface area contributed by atoms with Crippen molar-refractivity contribution < 1.29 is 14.3 Å². The Balaban J connectivity index is 0.00000512. The van der Waals surface area contributed by atoms with Crippen molar-refractivity contribution in [1.82, 2.24) is 15.5 Å². The van der Waals surface area contributed by atoms with Crippen LogP contribution >= 0.6 is 24.0 Å². The normalized spacial score (nSPS) is 17.0. The summed E-state index contributed by atoms with van der Waals surface area (Å²) in [7, 11) is 3.50. The number of nitrogens with zero attached hydrogens (tertiary/aromatic N) is 2. The first-order chi connectivity index (χ1) is 14.7. The lowest BCUT2D eigenvalue weighted by molar-refractivity contribution is -0.127. The molecule has 1 aromatic carbocycles. The van der Waals surface area contributed by atoms with Crippen molar-refractivity contribution in [3.8, 4) is 5.75 Å². The Hall–Kier alpha value is -1.55. The van der Waals surface area contributed by atoms with Gasteiger partial charge in [-0.2, -0.15) is 0 Å². The van der Waals surface area contributed by atoms with Gasteiger partial charge in [-0.1, -0.05) is 26.0 Å². The minimum absolute atomic E-state index is 0. The fourth-order valence-electron chi connectivity index (χ4n) is 3.47. The number of benzene rings is 1. The van der Waals surface area contributed by atoms with E-state index in [1.165, 1.54) is 0 Å². The van der Waals surface area contributed by atoms with Crippen LogP contribution < -0.4 is 15.4 Å². The van der Waals surface area contributed by atoms with E-state index in [1.807, 2.05) is 0 Å². The Morgan fingerprint density at radius 3 is 2.66 bits per heavy atom. The van der Waals surface area contributed by atoms with Crippen LogP contribution in [0.2, 0.25) is 0 Å². The molecule has 7 nitrogen and oxygen atoms in total. The van der Waals surface area contributed by atoms with E-state index in [-0.39, 0.29) is 42.5 Å². The molecule has 8 heteroatoms. The van der Waals surface area contributed by atoms with Crippen molar-refractivity contribution in [2.45, 2.75) is 53.2 Å². The third-order valence-electron chi connectivity index (χ3n) is 5.25. The number of nitrogens with one attached hydrogen (secondary N) is 2. The molecule has 2 atom stereocenters. The molecule has 2 rings (SSSR count). The number of hydrogen-bond acceptors (Lipinski definition) is 4. The van der Waals surface area contributed by atoms with Crippen molar-refractivity contribution in [3.63, 3.8) is 0 Å². The summed E-state index contributed by atoms with van der Waals surface area (Å²) in [6.07, 6.45) is 2.18. The summed E-state index contributed by atoms with van der Waals surface area (Å²) in [5, 5.41) is 6.53. The first-order valence-corrected chi connectivity index (χ1v) is 11.3. The largest absolute Gasteiger partial charge is 0.490 e. The second-order valence-electron chi connectivity index (χ2n) is 9.09. The highest BCUT2D eigenvalue weighted by Gasteiger charge is 2.16. The summed E-state index contributed by atoms with van der Waals surface area (Å²) < 4.78 is 11.7. The average molecular weight is 561 g/mol. The molecule has 1 aliphatic heterocycles. The van der Waals surface area contributed by atoms with E-state index in [9.17, 15) is 4.79 Å². The van der Waals surface area contributed by atoms with Crippen molar-refractivity contribution in [2.24, 2.45) is 16.8 Å². The molecule has 0 radical (unpaired) electrons. The van der Waals surface area contributed by atoms with Gasteiger partial charge in [0, 0.05) is 38.7 Å². The molecule has 32 heavy (non-hydrogen) atoms. The number of carbonyl (C=O) groups excluding carboxylic acids is 1. The van der Waals surface area contributed by atoms with Crippen LogP contribution in [0, 0.1) is 18.8 Å². The maximum atomic E-state index is 12.0. The highest BCUT2D eigenvalue weighted by molar-refractivity contribution is 14.0. The third kappa shape index (κ3) is 10.4. The monoisotopic (exact) mass is 560 g/mol. The fraction of sp³-hybridized carbons (Fsp3) is 0.667. The average Bonchev–Trinajstić information content (AvgIpc) is 3.21.